The van der Waals surface area contributed by atoms with Crippen LogP contribution in [0, 0.1) is 0 Å². The second-order valence-corrected chi connectivity index (χ2v) is 9.49. The number of hydrogen-bond donors (Lipinski definition) is 0. The highest BCUT2D eigenvalue weighted by atomic mass is 35.5. The summed E-state index contributed by atoms with van der Waals surface area (Å²) in [4.78, 5) is 38.5. The van der Waals surface area contributed by atoms with Crippen LogP contribution in [0.25, 0.3) is 0 Å². The fraction of sp³-hybridized carbons (Fsp3) is 0.118. The molecule has 3 amide bonds. The molecule has 7 nitrogen and oxygen atoms in total. The number of sulfonamides is 1. The molecule has 0 bridgehead atoms. The normalized spacial score (nSPS) is 17.2. The summed E-state index contributed by atoms with van der Waals surface area (Å²) in [6.07, 6.45) is 0. The second-order valence-electron chi connectivity index (χ2n) is 6.15. The first-order chi connectivity index (χ1) is 13.6. The number of carbonyl (C=O) groups is 3. The Labute approximate surface area is 184 Å². The number of amides is 3. The smallest absolute Gasteiger partial charge is 0.269 e. The lowest BCUT2D eigenvalue weighted by Crippen LogP contribution is -2.40. The Balaban J connectivity index is 1.65. The summed E-state index contributed by atoms with van der Waals surface area (Å²) in [5.74, 6) is -2.35. The molecule has 12 heteroatoms. The minimum absolute atomic E-state index is 0.0273. The van der Waals surface area contributed by atoms with E-state index < -0.39 is 40.8 Å². The average molecular weight is 494 g/mol. The first-order valence-electron chi connectivity index (χ1n) is 7.97. The van der Waals surface area contributed by atoms with E-state index in [9.17, 15) is 22.8 Å². The van der Waals surface area contributed by atoms with Crippen LogP contribution in [0.1, 0.15) is 31.1 Å². The zero-order chi connectivity index (χ0) is 21.2. The highest BCUT2D eigenvalue weighted by molar-refractivity contribution is 7.90. The molecule has 29 heavy (non-hydrogen) atoms. The third kappa shape index (κ3) is 2.78. The van der Waals surface area contributed by atoms with Gasteiger partial charge in [-0.25, -0.2) is 12.7 Å². The van der Waals surface area contributed by atoms with Gasteiger partial charge in [0.25, 0.3) is 27.7 Å². The van der Waals surface area contributed by atoms with Gasteiger partial charge in [-0.1, -0.05) is 58.5 Å². The quantitative estimate of drug-likeness (QED) is 0.369. The summed E-state index contributed by atoms with van der Waals surface area (Å²) < 4.78 is 25.9. The van der Waals surface area contributed by atoms with E-state index in [0.717, 1.165) is 4.90 Å². The van der Waals surface area contributed by atoms with Crippen molar-refractivity contribution in [3.8, 4) is 0 Å². The molecule has 0 aromatic heterocycles. The van der Waals surface area contributed by atoms with Crippen molar-refractivity contribution in [1.29, 1.82) is 0 Å². The van der Waals surface area contributed by atoms with Gasteiger partial charge in [0, 0.05) is 6.54 Å². The number of imide groups is 1. The van der Waals surface area contributed by atoms with E-state index in [-0.39, 0.29) is 41.7 Å². The molecule has 2 aromatic rings. The molecule has 0 N–H and O–H groups in total. The highest BCUT2D eigenvalue weighted by Gasteiger charge is 2.44. The lowest BCUT2D eigenvalue weighted by atomic mass is 10.1. The molecule has 4 rings (SSSR count). The lowest BCUT2D eigenvalue weighted by molar-refractivity contribution is 0.0634. The van der Waals surface area contributed by atoms with Crippen LogP contribution in [0.4, 0.5) is 0 Å². The molecule has 2 aliphatic heterocycles. The molecular formula is C17H8Cl4N2O5S. The minimum atomic E-state index is -4.08. The van der Waals surface area contributed by atoms with E-state index in [2.05, 4.69) is 0 Å². The predicted molar refractivity (Wildman–Crippen MR) is 107 cm³/mol. The fourth-order valence-electron chi connectivity index (χ4n) is 3.24. The Morgan fingerprint density at radius 2 is 1.24 bits per heavy atom. The van der Waals surface area contributed by atoms with Crippen LogP contribution in [0.2, 0.25) is 20.1 Å². The zero-order valence-electron chi connectivity index (χ0n) is 14.1. The summed E-state index contributed by atoms with van der Waals surface area (Å²) >= 11 is 24.0. The molecule has 2 aliphatic rings. The topological polar surface area (TPSA) is 91.8 Å². The minimum Gasteiger partial charge on any atom is -0.272 e. The van der Waals surface area contributed by atoms with Gasteiger partial charge in [0.1, 0.15) is 4.90 Å². The molecule has 150 valence electrons. The van der Waals surface area contributed by atoms with Crippen LogP contribution in [-0.2, 0) is 10.0 Å². The molecule has 0 aliphatic carbocycles. The van der Waals surface area contributed by atoms with Gasteiger partial charge in [-0.3, -0.25) is 19.3 Å². The van der Waals surface area contributed by atoms with Crippen LogP contribution < -0.4 is 0 Å². The number of halogens is 4. The van der Waals surface area contributed by atoms with Crippen LogP contribution in [0.15, 0.2) is 29.2 Å². The summed E-state index contributed by atoms with van der Waals surface area (Å²) in [5.41, 5.74) is -0.399. The Kier molecular flexibility index (Phi) is 4.83. The maximum Gasteiger partial charge on any atom is 0.269 e. The SMILES string of the molecule is O=C1c2c(Cl)c(Cl)c(Cl)c(Cl)c2C(=O)N1CCN1C(=O)c2ccccc2S1(=O)=O. The van der Waals surface area contributed by atoms with Crippen molar-refractivity contribution in [2.24, 2.45) is 0 Å². The van der Waals surface area contributed by atoms with Crippen molar-refractivity contribution in [1.82, 2.24) is 9.21 Å². The summed E-state index contributed by atoms with van der Waals surface area (Å²) in [6, 6.07) is 5.74. The summed E-state index contributed by atoms with van der Waals surface area (Å²) in [7, 11) is -4.08. The fourth-order valence-corrected chi connectivity index (χ4v) is 5.82. The van der Waals surface area contributed by atoms with E-state index >= 15 is 0 Å². The van der Waals surface area contributed by atoms with Crippen molar-refractivity contribution in [2.75, 3.05) is 13.1 Å². The van der Waals surface area contributed by atoms with Gasteiger partial charge in [-0.05, 0) is 12.1 Å². The number of fused-ring (bicyclic) bond motifs is 2. The van der Waals surface area contributed by atoms with Crippen molar-refractivity contribution in [2.45, 2.75) is 4.90 Å². The van der Waals surface area contributed by atoms with E-state index in [1.165, 1.54) is 24.3 Å². The Morgan fingerprint density at radius 3 is 1.76 bits per heavy atom. The number of benzene rings is 2. The van der Waals surface area contributed by atoms with Gasteiger partial charge in [-0.2, -0.15) is 0 Å². The maximum absolute atomic E-state index is 12.7. The number of carbonyl (C=O) groups excluding carboxylic acids is 3. The third-order valence-electron chi connectivity index (χ3n) is 4.62. The molecule has 2 aromatic carbocycles. The van der Waals surface area contributed by atoms with Crippen LogP contribution in [0.5, 0.6) is 0 Å². The first-order valence-corrected chi connectivity index (χ1v) is 10.9. The summed E-state index contributed by atoms with van der Waals surface area (Å²) in [5, 5.41) is -0.802. The second kappa shape index (κ2) is 6.85. The number of hydrogen-bond acceptors (Lipinski definition) is 5. The largest absolute Gasteiger partial charge is 0.272 e. The number of rotatable bonds is 3. The highest BCUT2D eigenvalue weighted by Crippen LogP contribution is 2.44. The molecule has 0 spiro atoms. The molecule has 0 radical (unpaired) electrons. The monoisotopic (exact) mass is 492 g/mol. The molecule has 0 fully saturated rings. The van der Waals surface area contributed by atoms with E-state index in [0.29, 0.717) is 4.31 Å². The van der Waals surface area contributed by atoms with Crippen molar-refractivity contribution in [3.63, 3.8) is 0 Å². The van der Waals surface area contributed by atoms with E-state index in [1.807, 2.05) is 0 Å². The van der Waals surface area contributed by atoms with Crippen LogP contribution in [0.3, 0.4) is 0 Å². The van der Waals surface area contributed by atoms with Gasteiger partial charge in [-0.15, -0.1) is 0 Å². The molecule has 0 unspecified atom stereocenters. The summed E-state index contributed by atoms with van der Waals surface area (Å²) in [6.45, 7) is -0.828. The van der Waals surface area contributed by atoms with Crippen molar-refractivity contribution >= 4 is 74.1 Å². The van der Waals surface area contributed by atoms with Crippen molar-refractivity contribution in [3.05, 3.63) is 61.0 Å². The first kappa shape index (κ1) is 20.4. The zero-order valence-corrected chi connectivity index (χ0v) is 17.9. The van der Waals surface area contributed by atoms with Crippen LogP contribution in [-0.4, -0.2) is 48.4 Å². The molecule has 0 saturated heterocycles. The van der Waals surface area contributed by atoms with E-state index in [1.54, 1.807) is 0 Å². The molecular weight excluding hydrogens is 486 g/mol. The van der Waals surface area contributed by atoms with Crippen LogP contribution >= 0.6 is 46.4 Å². The van der Waals surface area contributed by atoms with Gasteiger partial charge < -0.3 is 0 Å². The van der Waals surface area contributed by atoms with Gasteiger partial charge in [0.15, 0.2) is 0 Å². The van der Waals surface area contributed by atoms with Crippen molar-refractivity contribution < 1.29 is 22.8 Å². The molecule has 2 heterocycles. The van der Waals surface area contributed by atoms with Gasteiger partial charge in [0.05, 0.1) is 43.3 Å². The van der Waals surface area contributed by atoms with Gasteiger partial charge in [0.2, 0.25) is 0 Å². The van der Waals surface area contributed by atoms with E-state index in [4.69, 9.17) is 46.4 Å². The third-order valence-corrected chi connectivity index (χ3v) is 8.27. The standard InChI is InChI=1S/C17H8Cl4N2O5S/c18-11-9-10(12(19)14(21)13(11)20)17(26)22(16(9)25)5-6-23-15(24)7-3-1-2-4-8(7)29(23,27)28/h1-4H,5-6H2. The predicted octanol–water partition coefficient (Wildman–Crippen LogP) is 3.74. The molecule has 0 atom stereocenters. The average Bonchev–Trinajstić information content (AvgIpc) is 3.05. The number of nitrogens with zero attached hydrogens (tertiary/aromatic N) is 2. The lowest BCUT2D eigenvalue weighted by Gasteiger charge is -2.19. The Morgan fingerprint density at radius 1 is 0.724 bits per heavy atom. The maximum atomic E-state index is 12.7. The van der Waals surface area contributed by atoms with Gasteiger partial charge >= 0.3 is 0 Å². The molecule has 0 saturated carbocycles. The Bertz CT molecular complexity index is 1200. The Hall–Kier alpha value is -1.84.